The number of alkyl carbamates (subject to hydrolysis) is 1. The van der Waals surface area contributed by atoms with Gasteiger partial charge >= 0.3 is 6.09 Å². The smallest absolute Gasteiger partial charge is 0.408 e. The van der Waals surface area contributed by atoms with E-state index in [2.05, 4.69) is 10.6 Å². The van der Waals surface area contributed by atoms with Gasteiger partial charge in [0.15, 0.2) is 5.03 Å². The first-order valence-electron chi connectivity index (χ1n) is 14.1. The van der Waals surface area contributed by atoms with Crippen molar-refractivity contribution in [3.05, 3.63) is 88.5 Å². The Hall–Kier alpha value is -5.20. The summed E-state index contributed by atoms with van der Waals surface area (Å²) >= 11 is 0. The van der Waals surface area contributed by atoms with Gasteiger partial charge < -0.3 is 26.0 Å². The maximum Gasteiger partial charge on any atom is 0.408 e. The third-order valence-corrected chi connectivity index (χ3v) is 6.70. The van der Waals surface area contributed by atoms with Gasteiger partial charge in [0.2, 0.25) is 11.8 Å². The van der Waals surface area contributed by atoms with Crippen molar-refractivity contribution in [3.8, 4) is 0 Å². The third kappa shape index (κ3) is 9.41. The summed E-state index contributed by atoms with van der Waals surface area (Å²) < 4.78 is 5.38. The van der Waals surface area contributed by atoms with Crippen LogP contribution >= 0.6 is 0 Å². The van der Waals surface area contributed by atoms with Crippen LogP contribution in [-0.2, 0) is 20.7 Å². The van der Waals surface area contributed by atoms with Crippen molar-refractivity contribution in [2.24, 2.45) is 5.73 Å². The Balaban J connectivity index is 1.90. The molecular weight excluding hydrogens is 566 g/mol. The van der Waals surface area contributed by atoms with Crippen LogP contribution in [0.1, 0.15) is 39.2 Å². The zero-order chi connectivity index (χ0) is 32.4. The number of likely N-dealkylation sites (N-methyl/N-ethyl adjacent to an activating group) is 1. The van der Waals surface area contributed by atoms with Crippen molar-refractivity contribution in [1.29, 1.82) is 5.41 Å². The van der Waals surface area contributed by atoms with Crippen molar-refractivity contribution in [2.45, 2.75) is 57.7 Å². The van der Waals surface area contributed by atoms with Crippen molar-refractivity contribution < 1.29 is 24.2 Å². The zero-order valence-electron chi connectivity index (χ0n) is 25.3. The first kappa shape index (κ1) is 33.3. The number of nitrogens with one attached hydrogen (secondary N) is 3. The number of fused-ring (bicyclic) bond motifs is 1. The SMILES string of the molecule is CN(C(=O)[C@H](CCCN(C(=N)N)[N+](=O)[O-])NC(=O)C(Cc1ccccc1)NC(=O)OC(C)(C)C)c1cccc2ccccc12. The van der Waals surface area contributed by atoms with E-state index in [1.807, 2.05) is 54.6 Å². The molecule has 3 rings (SSSR count). The Morgan fingerprint density at radius 1 is 0.977 bits per heavy atom. The largest absolute Gasteiger partial charge is 0.444 e. The molecule has 0 aromatic heterocycles. The Labute approximate surface area is 256 Å². The van der Waals surface area contributed by atoms with E-state index in [9.17, 15) is 24.5 Å². The van der Waals surface area contributed by atoms with Gasteiger partial charge in [-0.1, -0.05) is 71.7 Å². The van der Waals surface area contributed by atoms with Gasteiger partial charge in [0.25, 0.3) is 5.96 Å². The van der Waals surface area contributed by atoms with Gasteiger partial charge in [-0.05, 0) is 50.6 Å². The molecular formula is C31H39N7O6. The molecule has 0 heterocycles. The highest BCUT2D eigenvalue weighted by Gasteiger charge is 2.31. The molecule has 0 spiro atoms. The summed E-state index contributed by atoms with van der Waals surface area (Å²) in [6.07, 6.45) is -0.649. The van der Waals surface area contributed by atoms with Crippen LogP contribution in [-0.4, -0.2) is 65.2 Å². The molecule has 5 N–H and O–H groups in total. The Bertz CT molecular complexity index is 1470. The minimum absolute atomic E-state index is 0.0121. The van der Waals surface area contributed by atoms with Gasteiger partial charge in [-0.2, -0.15) is 0 Å². The van der Waals surface area contributed by atoms with Gasteiger partial charge in [-0.3, -0.25) is 15.0 Å². The fourth-order valence-corrected chi connectivity index (χ4v) is 4.63. The number of benzene rings is 3. The lowest BCUT2D eigenvalue weighted by Crippen LogP contribution is -2.55. The summed E-state index contributed by atoms with van der Waals surface area (Å²) in [5, 5.41) is 25.6. The van der Waals surface area contributed by atoms with Gasteiger partial charge in [-0.15, -0.1) is 0 Å². The first-order valence-corrected chi connectivity index (χ1v) is 14.1. The molecule has 13 nitrogen and oxygen atoms in total. The van der Waals surface area contributed by atoms with E-state index in [1.165, 1.54) is 4.90 Å². The lowest BCUT2D eigenvalue weighted by atomic mass is 10.0. The number of guanidine groups is 1. The topological polar surface area (TPSA) is 184 Å². The molecule has 3 aromatic carbocycles. The normalized spacial score (nSPS) is 12.5. The number of anilines is 1. The minimum Gasteiger partial charge on any atom is -0.444 e. The van der Waals surface area contributed by atoms with Gasteiger partial charge in [0, 0.05) is 18.9 Å². The van der Waals surface area contributed by atoms with Gasteiger partial charge in [0.05, 0.1) is 12.2 Å². The standard InChI is InChI=1S/C31H39N7O6/c1-31(2,3)44-30(41)35-25(20-21-12-6-5-7-13-21)27(39)34-24(17-11-19-37(29(32)33)38(42)43)28(40)36(4)26-18-10-15-22-14-8-9-16-23(22)26/h5-10,12-16,18,24-25H,11,17,19-20H2,1-4H3,(H3,32,33)(H,34,39)(H,35,41)/t24-,25?/m0/s1. The highest BCUT2D eigenvalue weighted by molar-refractivity contribution is 6.06. The maximum absolute atomic E-state index is 13.9. The molecule has 0 radical (unpaired) electrons. The highest BCUT2D eigenvalue weighted by Crippen LogP contribution is 2.26. The van der Waals surface area contributed by atoms with E-state index in [0.29, 0.717) is 10.7 Å². The number of hydrogen-bond donors (Lipinski definition) is 4. The van der Waals surface area contributed by atoms with Crippen LogP contribution in [0.5, 0.6) is 0 Å². The lowest BCUT2D eigenvalue weighted by molar-refractivity contribution is -0.629. The molecule has 1 unspecified atom stereocenters. The Morgan fingerprint density at radius 3 is 2.25 bits per heavy atom. The summed E-state index contributed by atoms with van der Waals surface area (Å²) in [7, 11) is 1.59. The molecule has 0 aliphatic heterocycles. The Morgan fingerprint density at radius 2 is 1.61 bits per heavy atom. The molecule has 0 aliphatic carbocycles. The van der Waals surface area contributed by atoms with Crippen molar-refractivity contribution in [2.75, 3.05) is 18.5 Å². The number of nitro groups is 1. The zero-order valence-corrected chi connectivity index (χ0v) is 25.3. The molecule has 44 heavy (non-hydrogen) atoms. The van der Waals surface area contributed by atoms with Crippen molar-refractivity contribution in [3.63, 3.8) is 0 Å². The molecule has 3 amide bonds. The molecule has 0 saturated heterocycles. The summed E-state index contributed by atoms with van der Waals surface area (Å²) in [5.41, 5.74) is 5.91. The van der Waals surface area contributed by atoms with Crippen LogP contribution in [0.2, 0.25) is 0 Å². The second kappa shape index (κ2) is 14.8. The second-order valence-electron chi connectivity index (χ2n) is 11.2. The van der Waals surface area contributed by atoms with Crippen LogP contribution < -0.4 is 21.3 Å². The van der Waals surface area contributed by atoms with Crippen molar-refractivity contribution in [1.82, 2.24) is 15.6 Å². The third-order valence-electron chi connectivity index (χ3n) is 6.70. The first-order chi connectivity index (χ1) is 20.8. The summed E-state index contributed by atoms with van der Waals surface area (Å²) in [6.45, 7) is 4.84. The van der Waals surface area contributed by atoms with E-state index in [1.54, 1.807) is 46.0 Å². The molecule has 0 saturated carbocycles. The molecule has 3 aromatic rings. The van der Waals surface area contributed by atoms with Crippen LogP contribution in [0.25, 0.3) is 10.8 Å². The number of ether oxygens (including phenoxy) is 1. The van der Waals surface area contributed by atoms with E-state index >= 15 is 0 Å². The van der Waals surface area contributed by atoms with Crippen LogP contribution in [0.15, 0.2) is 72.8 Å². The number of nitrogens with zero attached hydrogens (tertiary/aromatic N) is 3. The molecule has 0 aliphatic rings. The second-order valence-corrected chi connectivity index (χ2v) is 11.2. The molecule has 0 bridgehead atoms. The monoisotopic (exact) mass is 605 g/mol. The fraction of sp³-hybridized carbons (Fsp3) is 0.355. The number of hydrazine groups is 1. The summed E-state index contributed by atoms with van der Waals surface area (Å²) in [4.78, 5) is 53.1. The fourth-order valence-electron chi connectivity index (χ4n) is 4.63. The quantitative estimate of drug-likeness (QED) is 0.104. The lowest BCUT2D eigenvalue weighted by Gasteiger charge is -2.28. The van der Waals surface area contributed by atoms with E-state index in [-0.39, 0.29) is 25.8 Å². The average Bonchev–Trinajstić information content (AvgIpc) is 2.96. The van der Waals surface area contributed by atoms with E-state index in [0.717, 1.165) is 16.3 Å². The number of carbonyl (C=O) groups excluding carboxylic acids is 3. The summed E-state index contributed by atoms with van der Waals surface area (Å²) in [5.74, 6) is -1.86. The predicted molar refractivity (Wildman–Crippen MR) is 167 cm³/mol. The molecule has 234 valence electrons. The Kier molecular flexibility index (Phi) is 11.2. The number of carbonyl (C=O) groups is 3. The maximum atomic E-state index is 13.9. The van der Waals surface area contributed by atoms with Gasteiger partial charge in [0.1, 0.15) is 17.7 Å². The molecule has 0 fully saturated rings. The van der Waals surface area contributed by atoms with Crippen LogP contribution in [0.3, 0.4) is 0 Å². The average molecular weight is 606 g/mol. The summed E-state index contributed by atoms with van der Waals surface area (Å²) in [6, 6.07) is 19.9. The molecule has 13 heteroatoms. The highest BCUT2D eigenvalue weighted by atomic mass is 16.7. The number of rotatable bonds is 12. The number of nitrogens with two attached hydrogens (primary N) is 1. The predicted octanol–water partition coefficient (Wildman–Crippen LogP) is 3.59. The number of hydrogen-bond acceptors (Lipinski definition) is 7. The van der Waals surface area contributed by atoms with Gasteiger partial charge in [-0.25, -0.2) is 14.9 Å². The van der Waals surface area contributed by atoms with Crippen LogP contribution in [0.4, 0.5) is 10.5 Å². The van der Waals surface area contributed by atoms with E-state index < -0.39 is 46.6 Å². The number of amides is 3. The minimum atomic E-state index is -1.13. The molecule has 2 atom stereocenters. The van der Waals surface area contributed by atoms with Crippen molar-refractivity contribution >= 4 is 40.3 Å². The van der Waals surface area contributed by atoms with E-state index in [4.69, 9.17) is 15.9 Å². The van der Waals surface area contributed by atoms with Crippen LogP contribution in [0, 0.1) is 15.5 Å².